The molecule has 4 aliphatic carbocycles. The van der Waals surface area contributed by atoms with E-state index in [2.05, 4.69) is 30.4 Å². The molecular formula is C27H39N3O7. The first kappa shape index (κ1) is 27.3. The number of aliphatic carboxylic acids is 1. The van der Waals surface area contributed by atoms with Crippen molar-refractivity contribution in [1.82, 2.24) is 5.32 Å². The van der Waals surface area contributed by atoms with E-state index in [1.54, 1.807) is 0 Å². The van der Waals surface area contributed by atoms with Crippen LogP contribution in [0.25, 0.3) is 0 Å². The molecule has 0 aromatic rings. The van der Waals surface area contributed by atoms with Crippen molar-refractivity contribution in [2.45, 2.75) is 90.2 Å². The molecule has 5 N–H and O–H groups in total. The largest absolute Gasteiger partial charge is 0.480 e. The number of fused-ring (bicyclic) bond motifs is 5. The molecule has 0 spiro atoms. The van der Waals surface area contributed by atoms with E-state index in [-0.39, 0.29) is 16.6 Å². The molecule has 0 aromatic carbocycles. The smallest absolute Gasteiger partial charge is 0.326 e. The van der Waals surface area contributed by atoms with Crippen LogP contribution >= 0.6 is 0 Å². The van der Waals surface area contributed by atoms with Crippen LogP contribution in [-0.2, 0) is 24.0 Å². The van der Waals surface area contributed by atoms with Gasteiger partial charge < -0.3 is 26.1 Å². The Balaban J connectivity index is 1.40. The van der Waals surface area contributed by atoms with Crippen molar-refractivity contribution < 1.29 is 34.2 Å². The maximum absolute atomic E-state index is 12.4. The van der Waals surface area contributed by atoms with Gasteiger partial charge in [-0.15, -0.1) is 0 Å². The highest BCUT2D eigenvalue weighted by Gasteiger charge is 2.65. The van der Waals surface area contributed by atoms with Gasteiger partial charge in [-0.2, -0.15) is 0 Å². The SMILES string of the molecule is CC(=O)[C@]1(O)CC[C@H]2[C@@H]3CCC4=C/C(=N\OCC(=O)N[C@@H](CC(N)=O)C(=O)O)CC[C@]4(C)[C@H]3CC[C@@]21C. The molecule has 7 atom stereocenters. The van der Waals surface area contributed by atoms with Gasteiger partial charge in [0.25, 0.3) is 5.91 Å². The lowest BCUT2D eigenvalue weighted by molar-refractivity contribution is -0.159. The number of amides is 2. The Bertz CT molecular complexity index is 1050. The second-order valence-electron chi connectivity index (χ2n) is 11.9. The Labute approximate surface area is 217 Å². The fourth-order valence-corrected chi connectivity index (χ4v) is 8.05. The summed E-state index contributed by atoms with van der Waals surface area (Å²) in [7, 11) is 0. The molecule has 0 heterocycles. The van der Waals surface area contributed by atoms with Crippen LogP contribution in [0.3, 0.4) is 0 Å². The van der Waals surface area contributed by atoms with Crippen LogP contribution in [0.1, 0.15) is 78.6 Å². The van der Waals surface area contributed by atoms with Crippen molar-refractivity contribution in [2.75, 3.05) is 6.61 Å². The van der Waals surface area contributed by atoms with Crippen LogP contribution in [0.2, 0.25) is 0 Å². The molecule has 0 aliphatic heterocycles. The first-order chi connectivity index (χ1) is 17.3. The number of carbonyl (C=O) groups excluding carboxylic acids is 3. The number of nitrogens with zero attached hydrogens (tertiary/aromatic N) is 1. The van der Waals surface area contributed by atoms with Crippen LogP contribution in [0.4, 0.5) is 0 Å². The minimum Gasteiger partial charge on any atom is -0.480 e. The zero-order valence-electron chi connectivity index (χ0n) is 21.9. The van der Waals surface area contributed by atoms with Gasteiger partial charge in [-0.25, -0.2) is 4.79 Å². The predicted octanol–water partition coefficient (Wildman–Crippen LogP) is 2.09. The van der Waals surface area contributed by atoms with Gasteiger partial charge in [0.15, 0.2) is 12.4 Å². The average Bonchev–Trinajstić information content (AvgIpc) is 3.10. The summed E-state index contributed by atoms with van der Waals surface area (Å²) in [4.78, 5) is 51.8. The average molecular weight is 518 g/mol. The fraction of sp³-hybridized carbons (Fsp3) is 0.741. The minimum atomic E-state index is -1.40. The van der Waals surface area contributed by atoms with E-state index < -0.39 is 42.5 Å². The van der Waals surface area contributed by atoms with E-state index in [4.69, 9.17) is 15.7 Å². The van der Waals surface area contributed by atoms with E-state index in [0.29, 0.717) is 30.6 Å². The number of carboxylic acids is 1. The quantitative estimate of drug-likeness (QED) is 0.357. The van der Waals surface area contributed by atoms with Crippen LogP contribution in [0.15, 0.2) is 16.8 Å². The second kappa shape index (κ2) is 9.85. The lowest BCUT2D eigenvalue weighted by Crippen LogP contribution is -2.57. The third-order valence-corrected chi connectivity index (χ3v) is 10.1. The first-order valence-electron chi connectivity index (χ1n) is 13.3. The lowest BCUT2D eigenvalue weighted by Gasteiger charge is -2.59. The molecule has 2 amide bonds. The van der Waals surface area contributed by atoms with Crippen LogP contribution in [-0.4, -0.2) is 57.7 Å². The number of Topliss-reactive ketones (excluding diaryl/α,β-unsaturated/α-hetero) is 1. The van der Waals surface area contributed by atoms with Crippen molar-refractivity contribution in [3.8, 4) is 0 Å². The molecule has 4 rings (SSSR count). The third kappa shape index (κ3) is 4.69. The van der Waals surface area contributed by atoms with Gasteiger partial charge in [-0.05, 0) is 87.5 Å². The highest BCUT2D eigenvalue weighted by atomic mass is 16.6. The van der Waals surface area contributed by atoms with Crippen molar-refractivity contribution >= 4 is 29.3 Å². The van der Waals surface area contributed by atoms with Gasteiger partial charge in [-0.3, -0.25) is 14.4 Å². The second-order valence-corrected chi connectivity index (χ2v) is 11.9. The zero-order valence-corrected chi connectivity index (χ0v) is 21.9. The van der Waals surface area contributed by atoms with E-state index in [0.717, 1.165) is 44.2 Å². The highest BCUT2D eigenvalue weighted by molar-refractivity contribution is 5.96. The van der Waals surface area contributed by atoms with Crippen LogP contribution in [0, 0.1) is 28.6 Å². The van der Waals surface area contributed by atoms with E-state index in [1.165, 1.54) is 12.5 Å². The van der Waals surface area contributed by atoms with Crippen molar-refractivity contribution in [3.05, 3.63) is 11.6 Å². The van der Waals surface area contributed by atoms with Gasteiger partial charge in [0.2, 0.25) is 5.91 Å². The Morgan fingerprint density at radius 3 is 2.49 bits per heavy atom. The molecule has 37 heavy (non-hydrogen) atoms. The summed E-state index contributed by atoms with van der Waals surface area (Å²) in [5.74, 6) is -1.65. The maximum Gasteiger partial charge on any atom is 0.326 e. The molecule has 0 saturated heterocycles. The number of ketones is 1. The van der Waals surface area contributed by atoms with Crippen molar-refractivity contribution in [1.29, 1.82) is 0 Å². The van der Waals surface area contributed by atoms with E-state index in [1.807, 2.05) is 0 Å². The number of carboxylic acid groups (broad SMARTS) is 1. The molecule has 4 aliphatic rings. The van der Waals surface area contributed by atoms with Crippen molar-refractivity contribution in [2.24, 2.45) is 39.5 Å². The van der Waals surface area contributed by atoms with Gasteiger partial charge in [0, 0.05) is 5.41 Å². The molecule has 204 valence electrons. The molecule has 0 aromatic heterocycles. The van der Waals surface area contributed by atoms with Crippen LogP contribution in [0.5, 0.6) is 0 Å². The zero-order chi connectivity index (χ0) is 27.2. The normalized spacial score (nSPS) is 38.4. The van der Waals surface area contributed by atoms with Gasteiger partial charge in [-0.1, -0.05) is 24.6 Å². The molecule has 3 fully saturated rings. The number of rotatable bonds is 8. The standard InChI is InChI=1S/C27H39N3O7/c1-15(31)27(36)11-8-20-18-5-4-16-12-17(6-9-25(16,2)19(18)7-10-26(20,27)3)30-37-14-23(33)29-21(24(34)35)13-22(28)32/h12,18-21,36H,4-11,13-14H2,1-3H3,(H2,28,32)(H,29,33)(H,34,35)/b30-17-/t18-,19+,20+,21+,25+,26+,27-/m1/s1. The number of nitrogens with one attached hydrogen (secondary N) is 1. The first-order valence-corrected chi connectivity index (χ1v) is 13.3. The molecule has 10 heteroatoms. The lowest BCUT2D eigenvalue weighted by atomic mass is 9.46. The van der Waals surface area contributed by atoms with Gasteiger partial charge in [0.05, 0.1) is 12.1 Å². The van der Waals surface area contributed by atoms with Crippen molar-refractivity contribution in [3.63, 3.8) is 0 Å². The topological polar surface area (TPSA) is 168 Å². The summed E-state index contributed by atoms with van der Waals surface area (Å²) in [5.41, 5.74) is 5.58. The summed E-state index contributed by atoms with van der Waals surface area (Å²) in [6.07, 6.45) is 8.43. The molecule has 0 unspecified atom stereocenters. The van der Waals surface area contributed by atoms with Crippen LogP contribution < -0.4 is 11.1 Å². The van der Waals surface area contributed by atoms with Gasteiger partial charge >= 0.3 is 5.97 Å². The van der Waals surface area contributed by atoms with Gasteiger partial charge in [0.1, 0.15) is 11.6 Å². The Morgan fingerprint density at radius 2 is 1.84 bits per heavy atom. The maximum atomic E-state index is 12.4. The number of aliphatic hydroxyl groups is 1. The monoisotopic (exact) mass is 517 g/mol. The molecule has 3 saturated carbocycles. The summed E-state index contributed by atoms with van der Waals surface area (Å²) in [6, 6.07) is -1.40. The number of oxime groups is 1. The third-order valence-electron chi connectivity index (χ3n) is 10.1. The summed E-state index contributed by atoms with van der Waals surface area (Å²) >= 11 is 0. The minimum absolute atomic E-state index is 0.0288. The molecule has 0 bridgehead atoms. The number of nitrogens with two attached hydrogens (primary N) is 1. The summed E-state index contributed by atoms with van der Waals surface area (Å²) in [5, 5.41) is 26.8. The molecule has 10 nitrogen and oxygen atoms in total. The summed E-state index contributed by atoms with van der Waals surface area (Å²) in [6.45, 7) is 5.53. The number of allylic oxidation sites excluding steroid dienone is 2. The number of primary amides is 1. The summed E-state index contributed by atoms with van der Waals surface area (Å²) < 4.78 is 0. The molecule has 0 radical (unpaired) electrons. The number of hydrogen-bond acceptors (Lipinski definition) is 7. The highest BCUT2D eigenvalue weighted by Crippen LogP contribution is 2.67. The Kier molecular flexibility index (Phi) is 7.27. The Morgan fingerprint density at radius 1 is 1.14 bits per heavy atom. The number of carbonyl (C=O) groups is 4. The van der Waals surface area contributed by atoms with E-state index >= 15 is 0 Å². The number of hydrogen-bond donors (Lipinski definition) is 4. The Hall–Kier alpha value is -2.75. The molecular weight excluding hydrogens is 478 g/mol. The van der Waals surface area contributed by atoms with E-state index in [9.17, 15) is 24.3 Å². The predicted molar refractivity (Wildman–Crippen MR) is 134 cm³/mol. The fourth-order valence-electron chi connectivity index (χ4n) is 8.05.